The molecule has 8 heteroatoms. The van der Waals surface area contributed by atoms with Gasteiger partial charge >= 0.3 is 6.18 Å². The highest BCUT2D eigenvalue weighted by molar-refractivity contribution is 6.04. The lowest BCUT2D eigenvalue weighted by atomic mass is 10.1. The molecule has 0 bridgehead atoms. The molecule has 124 valence electrons. The largest absolute Gasteiger partial charge is 0.417 e. The molecule has 0 atom stereocenters. The highest BCUT2D eigenvalue weighted by Crippen LogP contribution is 2.33. The van der Waals surface area contributed by atoms with Crippen molar-refractivity contribution in [3.05, 3.63) is 76.4 Å². The number of carbonyl (C=O) groups is 1. The minimum absolute atomic E-state index is 0.135. The van der Waals surface area contributed by atoms with Crippen molar-refractivity contribution in [3.8, 4) is 0 Å². The van der Waals surface area contributed by atoms with Gasteiger partial charge in [0.1, 0.15) is 0 Å². The van der Waals surface area contributed by atoms with Crippen LogP contribution >= 0.6 is 0 Å². The molecular formula is C16H11F3N2O3. The van der Waals surface area contributed by atoms with E-state index in [9.17, 15) is 28.1 Å². The minimum Gasteiger partial charge on any atom is -0.322 e. The molecule has 0 aromatic heterocycles. The third-order valence-corrected chi connectivity index (χ3v) is 3.01. The molecule has 24 heavy (non-hydrogen) atoms. The second-order valence-electron chi connectivity index (χ2n) is 4.72. The Labute approximate surface area is 134 Å². The van der Waals surface area contributed by atoms with E-state index in [0.29, 0.717) is 6.08 Å². The highest BCUT2D eigenvalue weighted by Gasteiger charge is 2.35. The Morgan fingerprint density at radius 1 is 1.04 bits per heavy atom. The maximum absolute atomic E-state index is 13.1. The molecule has 2 aromatic rings. The maximum Gasteiger partial charge on any atom is 0.417 e. The molecule has 2 aromatic carbocycles. The third kappa shape index (κ3) is 4.42. The molecule has 0 saturated heterocycles. The van der Waals surface area contributed by atoms with E-state index in [1.54, 1.807) is 6.07 Å². The van der Waals surface area contributed by atoms with E-state index in [-0.39, 0.29) is 16.9 Å². The van der Waals surface area contributed by atoms with E-state index in [4.69, 9.17) is 0 Å². The van der Waals surface area contributed by atoms with Crippen LogP contribution in [0, 0.1) is 10.1 Å². The summed E-state index contributed by atoms with van der Waals surface area (Å²) in [6, 6.07) is 11.7. The summed E-state index contributed by atoms with van der Waals surface area (Å²) >= 11 is 0. The van der Waals surface area contributed by atoms with E-state index in [1.165, 1.54) is 36.4 Å². The number of rotatable bonds is 4. The van der Waals surface area contributed by atoms with Crippen LogP contribution in [0.15, 0.2) is 60.7 Å². The van der Waals surface area contributed by atoms with Crippen LogP contribution in [0.4, 0.5) is 24.5 Å². The summed E-state index contributed by atoms with van der Waals surface area (Å²) in [5.41, 5.74) is -1.26. The Hall–Kier alpha value is -3.16. The molecular weight excluding hydrogens is 325 g/mol. The normalized spacial score (nSPS) is 11.9. The van der Waals surface area contributed by atoms with E-state index >= 15 is 0 Å². The Morgan fingerprint density at radius 2 is 1.62 bits per heavy atom. The fourth-order valence-corrected chi connectivity index (χ4v) is 1.92. The number of nitro benzene ring substituents is 1. The first-order valence-corrected chi connectivity index (χ1v) is 6.67. The molecule has 1 N–H and O–H groups in total. The number of amides is 1. The number of non-ortho nitro benzene ring substituents is 1. The number of carbonyl (C=O) groups excluding carboxylic acids is 1. The van der Waals surface area contributed by atoms with Gasteiger partial charge in [0, 0.05) is 23.9 Å². The van der Waals surface area contributed by atoms with Crippen molar-refractivity contribution < 1.29 is 22.9 Å². The fraction of sp³-hybridized carbons (Fsp3) is 0.0625. The van der Waals surface area contributed by atoms with Gasteiger partial charge in [-0.1, -0.05) is 30.3 Å². The van der Waals surface area contributed by atoms with Crippen molar-refractivity contribution in [2.45, 2.75) is 6.18 Å². The maximum atomic E-state index is 13.1. The first-order chi connectivity index (χ1) is 11.3. The first kappa shape index (κ1) is 17.2. The van der Waals surface area contributed by atoms with Gasteiger partial charge in [-0.25, -0.2) is 0 Å². The standard InChI is InChI=1S/C16H11F3N2O3/c17-16(18,19)14(11-4-2-1-3-5-11)10-15(22)20-12-6-8-13(9-7-12)21(23)24/h1-10H,(H,20,22)/b14-10-. The second-order valence-corrected chi connectivity index (χ2v) is 4.72. The summed E-state index contributed by atoms with van der Waals surface area (Å²) in [5.74, 6) is -0.986. The molecule has 0 aliphatic rings. The van der Waals surface area contributed by atoms with Crippen LogP contribution in [0.3, 0.4) is 0 Å². The number of alkyl halides is 3. The van der Waals surface area contributed by atoms with Gasteiger partial charge in [-0.2, -0.15) is 13.2 Å². The number of halogens is 3. The summed E-state index contributed by atoms with van der Waals surface area (Å²) in [6.45, 7) is 0. The van der Waals surface area contributed by atoms with E-state index < -0.39 is 22.6 Å². The van der Waals surface area contributed by atoms with Gasteiger partial charge in [-0.15, -0.1) is 0 Å². The third-order valence-electron chi connectivity index (χ3n) is 3.01. The number of anilines is 1. The molecule has 0 fully saturated rings. The minimum atomic E-state index is -4.70. The predicted molar refractivity (Wildman–Crippen MR) is 82.2 cm³/mol. The average molecular weight is 336 g/mol. The number of benzene rings is 2. The zero-order chi connectivity index (χ0) is 17.7. The highest BCUT2D eigenvalue weighted by atomic mass is 19.4. The molecule has 2 rings (SSSR count). The van der Waals surface area contributed by atoms with Crippen molar-refractivity contribution in [1.82, 2.24) is 0 Å². The van der Waals surface area contributed by atoms with Gasteiger partial charge in [0.25, 0.3) is 5.69 Å². The lowest BCUT2D eigenvalue weighted by Gasteiger charge is -2.12. The van der Waals surface area contributed by atoms with Crippen LogP contribution in [-0.2, 0) is 4.79 Å². The van der Waals surface area contributed by atoms with Gasteiger partial charge in [-0.3, -0.25) is 14.9 Å². The quantitative estimate of drug-likeness (QED) is 0.517. The number of hydrogen-bond donors (Lipinski definition) is 1. The van der Waals surface area contributed by atoms with Gasteiger partial charge in [-0.05, 0) is 17.7 Å². The molecule has 0 unspecified atom stereocenters. The summed E-state index contributed by atoms with van der Waals surface area (Å²) in [7, 11) is 0. The average Bonchev–Trinajstić information content (AvgIpc) is 2.53. The lowest BCUT2D eigenvalue weighted by molar-refractivity contribution is -0.384. The van der Waals surface area contributed by atoms with Crippen molar-refractivity contribution in [1.29, 1.82) is 0 Å². The van der Waals surface area contributed by atoms with Crippen LogP contribution in [0.25, 0.3) is 5.57 Å². The lowest BCUT2D eigenvalue weighted by Crippen LogP contribution is -2.16. The zero-order valence-corrected chi connectivity index (χ0v) is 12.1. The van der Waals surface area contributed by atoms with Gasteiger partial charge in [0.05, 0.1) is 10.5 Å². The molecule has 0 saturated carbocycles. The molecule has 5 nitrogen and oxygen atoms in total. The number of hydrogen-bond acceptors (Lipinski definition) is 3. The number of allylic oxidation sites excluding steroid dienone is 1. The van der Waals surface area contributed by atoms with Crippen LogP contribution in [0.2, 0.25) is 0 Å². The van der Waals surface area contributed by atoms with Crippen molar-refractivity contribution >= 4 is 22.9 Å². The Morgan fingerprint density at radius 3 is 2.12 bits per heavy atom. The second kappa shape index (κ2) is 6.95. The molecule has 0 radical (unpaired) electrons. The Bertz CT molecular complexity index is 769. The Kier molecular flexibility index (Phi) is 4.98. The summed E-state index contributed by atoms with van der Waals surface area (Å²) in [6.07, 6.45) is -4.25. The van der Waals surface area contributed by atoms with E-state index in [1.807, 2.05) is 0 Å². The van der Waals surface area contributed by atoms with Crippen molar-refractivity contribution in [2.24, 2.45) is 0 Å². The Balaban J connectivity index is 2.23. The first-order valence-electron chi connectivity index (χ1n) is 6.67. The van der Waals surface area contributed by atoms with Gasteiger partial charge in [0.15, 0.2) is 0 Å². The monoisotopic (exact) mass is 336 g/mol. The van der Waals surface area contributed by atoms with Crippen LogP contribution in [0.1, 0.15) is 5.56 Å². The molecule has 0 spiro atoms. The number of nitrogens with zero attached hydrogens (tertiary/aromatic N) is 1. The van der Waals surface area contributed by atoms with Gasteiger partial charge in [0.2, 0.25) is 5.91 Å². The van der Waals surface area contributed by atoms with Crippen LogP contribution in [-0.4, -0.2) is 17.0 Å². The summed E-state index contributed by atoms with van der Waals surface area (Å²) in [4.78, 5) is 21.7. The van der Waals surface area contributed by atoms with Crippen molar-refractivity contribution in [3.63, 3.8) is 0 Å². The number of nitrogens with one attached hydrogen (secondary N) is 1. The SMILES string of the molecule is O=C(/C=C(/c1ccccc1)C(F)(F)F)Nc1ccc([N+](=O)[O-])cc1. The molecule has 0 aliphatic heterocycles. The summed E-state index contributed by atoms with van der Waals surface area (Å²) in [5, 5.41) is 12.8. The van der Waals surface area contributed by atoms with Crippen LogP contribution in [0.5, 0.6) is 0 Å². The summed E-state index contributed by atoms with van der Waals surface area (Å²) < 4.78 is 39.4. The molecule has 1 amide bonds. The van der Waals surface area contributed by atoms with E-state index in [0.717, 1.165) is 12.1 Å². The fourth-order valence-electron chi connectivity index (χ4n) is 1.92. The number of nitro groups is 1. The molecule has 0 heterocycles. The van der Waals surface area contributed by atoms with Gasteiger partial charge < -0.3 is 5.32 Å². The topological polar surface area (TPSA) is 72.2 Å². The van der Waals surface area contributed by atoms with Crippen molar-refractivity contribution in [2.75, 3.05) is 5.32 Å². The predicted octanol–water partition coefficient (Wildman–Crippen LogP) is 4.18. The molecule has 0 aliphatic carbocycles. The smallest absolute Gasteiger partial charge is 0.322 e. The zero-order valence-electron chi connectivity index (χ0n) is 12.1. The van der Waals surface area contributed by atoms with E-state index in [2.05, 4.69) is 5.32 Å². The van der Waals surface area contributed by atoms with Crippen LogP contribution < -0.4 is 5.32 Å².